The van der Waals surface area contributed by atoms with Gasteiger partial charge in [0.2, 0.25) is 5.22 Å². The smallest absolute Gasteiger partial charge is 0.201 e. The molecule has 0 spiro atoms. The Kier molecular flexibility index (Phi) is 2.35. The SMILES string of the molecule is Clc1occc1-c1cc2ncnc(Cl)c2s1. The number of furan rings is 1. The van der Waals surface area contributed by atoms with Crippen LogP contribution in [0.1, 0.15) is 0 Å². The molecular weight excluding hydrogens is 267 g/mol. The lowest BCUT2D eigenvalue weighted by Gasteiger charge is -1.89. The Morgan fingerprint density at radius 3 is 2.81 bits per heavy atom. The number of hydrogen-bond acceptors (Lipinski definition) is 4. The van der Waals surface area contributed by atoms with Crippen molar-refractivity contribution < 1.29 is 4.42 Å². The molecular formula is C10H4Cl2N2OS. The lowest BCUT2D eigenvalue weighted by atomic mass is 10.3. The topological polar surface area (TPSA) is 38.9 Å². The Morgan fingerprint density at radius 1 is 1.25 bits per heavy atom. The summed E-state index contributed by atoms with van der Waals surface area (Å²) in [5, 5.41) is 0.830. The third-order valence-electron chi connectivity index (χ3n) is 2.15. The van der Waals surface area contributed by atoms with E-state index in [1.807, 2.05) is 12.1 Å². The van der Waals surface area contributed by atoms with Crippen molar-refractivity contribution in [3.05, 3.63) is 35.1 Å². The number of rotatable bonds is 1. The number of hydrogen-bond donors (Lipinski definition) is 0. The van der Waals surface area contributed by atoms with E-state index in [0.29, 0.717) is 10.4 Å². The summed E-state index contributed by atoms with van der Waals surface area (Å²) < 4.78 is 5.91. The molecule has 0 fully saturated rings. The van der Waals surface area contributed by atoms with Gasteiger partial charge >= 0.3 is 0 Å². The first-order chi connectivity index (χ1) is 7.75. The van der Waals surface area contributed by atoms with E-state index in [-0.39, 0.29) is 0 Å². The molecule has 3 rings (SSSR count). The van der Waals surface area contributed by atoms with Crippen LogP contribution in [0.5, 0.6) is 0 Å². The van der Waals surface area contributed by atoms with Crippen molar-refractivity contribution in [1.29, 1.82) is 0 Å². The molecule has 0 aliphatic carbocycles. The highest BCUT2D eigenvalue weighted by atomic mass is 35.5. The van der Waals surface area contributed by atoms with Crippen LogP contribution >= 0.6 is 34.5 Å². The Morgan fingerprint density at radius 2 is 2.12 bits per heavy atom. The molecule has 3 nitrogen and oxygen atoms in total. The minimum atomic E-state index is 0.371. The maximum absolute atomic E-state index is 5.97. The van der Waals surface area contributed by atoms with Gasteiger partial charge in [-0.3, -0.25) is 0 Å². The molecule has 0 bridgehead atoms. The van der Waals surface area contributed by atoms with Crippen LogP contribution in [0.25, 0.3) is 20.7 Å². The van der Waals surface area contributed by atoms with E-state index in [4.69, 9.17) is 27.6 Å². The maximum atomic E-state index is 5.97. The first kappa shape index (κ1) is 10.1. The van der Waals surface area contributed by atoms with Gasteiger partial charge in [-0.15, -0.1) is 11.3 Å². The predicted molar refractivity (Wildman–Crippen MR) is 65.1 cm³/mol. The van der Waals surface area contributed by atoms with Crippen molar-refractivity contribution in [2.75, 3.05) is 0 Å². The van der Waals surface area contributed by atoms with Gasteiger partial charge in [0.1, 0.15) is 11.5 Å². The fourth-order valence-corrected chi connectivity index (χ4v) is 2.97. The highest BCUT2D eigenvalue weighted by molar-refractivity contribution is 7.22. The summed E-state index contributed by atoms with van der Waals surface area (Å²) in [7, 11) is 0. The van der Waals surface area contributed by atoms with Gasteiger partial charge in [-0.25, -0.2) is 9.97 Å². The third-order valence-corrected chi connectivity index (χ3v) is 4.01. The van der Waals surface area contributed by atoms with Crippen molar-refractivity contribution in [3.63, 3.8) is 0 Å². The van der Waals surface area contributed by atoms with Crippen LogP contribution in [-0.4, -0.2) is 9.97 Å². The number of nitrogens with zero attached hydrogens (tertiary/aromatic N) is 2. The average Bonchev–Trinajstić information content (AvgIpc) is 2.84. The Hall–Kier alpha value is -1.10. The second-order valence-electron chi connectivity index (χ2n) is 3.10. The molecule has 80 valence electrons. The van der Waals surface area contributed by atoms with Crippen LogP contribution in [0.3, 0.4) is 0 Å². The number of halogens is 2. The van der Waals surface area contributed by atoms with Crippen LogP contribution in [0.4, 0.5) is 0 Å². The van der Waals surface area contributed by atoms with Crippen LogP contribution < -0.4 is 0 Å². The largest absolute Gasteiger partial charge is 0.452 e. The fourth-order valence-electron chi connectivity index (χ4n) is 1.43. The van der Waals surface area contributed by atoms with Crippen LogP contribution in [-0.2, 0) is 0 Å². The average molecular weight is 271 g/mol. The van der Waals surface area contributed by atoms with Gasteiger partial charge in [0, 0.05) is 10.4 Å². The van der Waals surface area contributed by atoms with Gasteiger partial charge in [0.25, 0.3) is 0 Å². The molecule has 0 aliphatic heterocycles. The third kappa shape index (κ3) is 1.50. The summed E-state index contributed by atoms with van der Waals surface area (Å²) in [4.78, 5) is 9.04. The summed E-state index contributed by atoms with van der Waals surface area (Å²) in [6.45, 7) is 0. The molecule has 0 aromatic carbocycles. The lowest BCUT2D eigenvalue weighted by molar-refractivity contribution is 0.570. The molecule has 0 amide bonds. The highest BCUT2D eigenvalue weighted by Gasteiger charge is 2.12. The monoisotopic (exact) mass is 270 g/mol. The van der Waals surface area contributed by atoms with E-state index >= 15 is 0 Å². The molecule has 16 heavy (non-hydrogen) atoms. The molecule has 0 saturated carbocycles. The zero-order valence-corrected chi connectivity index (χ0v) is 10.1. The van der Waals surface area contributed by atoms with Gasteiger partial charge in [-0.05, 0) is 23.7 Å². The maximum Gasteiger partial charge on any atom is 0.201 e. The van der Waals surface area contributed by atoms with Gasteiger partial charge in [-0.1, -0.05) is 11.6 Å². The van der Waals surface area contributed by atoms with E-state index in [0.717, 1.165) is 20.7 Å². The Balaban J connectivity index is 2.27. The van der Waals surface area contributed by atoms with E-state index in [1.165, 1.54) is 17.7 Å². The van der Waals surface area contributed by atoms with Gasteiger partial charge < -0.3 is 4.42 Å². The molecule has 3 aromatic rings. The van der Waals surface area contributed by atoms with Gasteiger partial charge in [-0.2, -0.15) is 0 Å². The van der Waals surface area contributed by atoms with Crippen molar-refractivity contribution in [2.24, 2.45) is 0 Å². The predicted octanol–water partition coefficient (Wildman–Crippen LogP) is 4.26. The summed E-state index contributed by atoms with van der Waals surface area (Å²) in [6.07, 6.45) is 2.99. The summed E-state index contributed by atoms with van der Waals surface area (Å²) in [5.74, 6) is 0. The quantitative estimate of drug-likeness (QED) is 0.621. The van der Waals surface area contributed by atoms with Crippen LogP contribution in [0.15, 0.2) is 29.1 Å². The molecule has 3 heterocycles. The minimum Gasteiger partial charge on any atom is -0.452 e. The highest BCUT2D eigenvalue weighted by Crippen LogP contribution is 2.38. The second-order valence-corrected chi connectivity index (χ2v) is 4.85. The summed E-state index contributed by atoms with van der Waals surface area (Å²) in [6, 6.07) is 3.73. The molecule has 3 aromatic heterocycles. The molecule has 0 unspecified atom stereocenters. The molecule has 0 radical (unpaired) electrons. The Bertz CT molecular complexity index is 662. The lowest BCUT2D eigenvalue weighted by Crippen LogP contribution is -1.76. The summed E-state index contributed by atoms with van der Waals surface area (Å²) in [5.41, 5.74) is 1.66. The van der Waals surface area contributed by atoms with Gasteiger partial charge in [0.05, 0.1) is 16.5 Å². The van der Waals surface area contributed by atoms with Crippen LogP contribution in [0, 0.1) is 0 Å². The number of thiophene rings is 1. The standard InChI is InChI=1S/C10H4Cl2N2OS/c11-9-8-6(13-4-14-9)3-7(16-8)5-1-2-15-10(5)12/h1-4H. The van der Waals surface area contributed by atoms with E-state index in [1.54, 1.807) is 6.26 Å². The van der Waals surface area contributed by atoms with Crippen LogP contribution in [0.2, 0.25) is 10.4 Å². The fraction of sp³-hybridized carbons (Fsp3) is 0. The normalized spacial score (nSPS) is 11.1. The van der Waals surface area contributed by atoms with Gasteiger partial charge in [0.15, 0.2) is 0 Å². The molecule has 6 heteroatoms. The zero-order chi connectivity index (χ0) is 11.1. The molecule has 0 N–H and O–H groups in total. The van der Waals surface area contributed by atoms with Crippen molar-refractivity contribution in [1.82, 2.24) is 9.97 Å². The second kappa shape index (κ2) is 3.73. The molecule has 0 aliphatic rings. The van der Waals surface area contributed by atoms with Crippen molar-refractivity contribution in [3.8, 4) is 10.4 Å². The van der Waals surface area contributed by atoms with E-state index < -0.39 is 0 Å². The number of fused-ring (bicyclic) bond motifs is 1. The molecule has 0 saturated heterocycles. The van der Waals surface area contributed by atoms with Crippen molar-refractivity contribution in [2.45, 2.75) is 0 Å². The Labute approximate surface area is 105 Å². The minimum absolute atomic E-state index is 0.371. The first-order valence-corrected chi connectivity index (χ1v) is 5.96. The van der Waals surface area contributed by atoms with E-state index in [9.17, 15) is 0 Å². The van der Waals surface area contributed by atoms with Crippen molar-refractivity contribution >= 4 is 44.8 Å². The molecule has 0 atom stereocenters. The number of aromatic nitrogens is 2. The first-order valence-electron chi connectivity index (χ1n) is 4.39. The van der Waals surface area contributed by atoms with E-state index in [2.05, 4.69) is 9.97 Å². The summed E-state index contributed by atoms with van der Waals surface area (Å²) >= 11 is 13.4. The zero-order valence-electron chi connectivity index (χ0n) is 7.78.